The van der Waals surface area contributed by atoms with Crippen molar-refractivity contribution >= 4 is 28.7 Å². The monoisotopic (exact) mass is 504 g/mol. The largest absolute Gasteiger partial charge is 0.369 e. The number of nitrogens with zero attached hydrogens (tertiary/aromatic N) is 3. The number of imidazole rings is 1. The molecule has 1 aliphatic rings. The van der Waals surface area contributed by atoms with Gasteiger partial charge in [-0.25, -0.2) is 4.98 Å². The van der Waals surface area contributed by atoms with Gasteiger partial charge in [0.25, 0.3) is 0 Å². The van der Waals surface area contributed by atoms with E-state index >= 15 is 0 Å². The second-order valence-electron chi connectivity index (χ2n) is 9.65. The van der Waals surface area contributed by atoms with E-state index in [0.717, 1.165) is 62.7 Å². The first-order chi connectivity index (χ1) is 18.1. The summed E-state index contributed by atoms with van der Waals surface area (Å²) >= 11 is 1.72. The van der Waals surface area contributed by atoms with Gasteiger partial charge in [-0.2, -0.15) is 0 Å². The molecule has 37 heavy (non-hydrogen) atoms. The number of carbonyl (C=O) groups excluding carboxylic acids is 1. The van der Waals surface area contributed by atoms with Crippen LogP contribution in [0.2, 0.25) is 0 Å². The Morgan fingerprint density at radius 3 is 2.38 bits per heavy atom. The lowest BCUT2D eigenvalue weighted by Gasteiger charge is -2.29. The van der Waals surface area contributed by atoms with E-state index in [1.54, 1.807) is 18.0 Å². The predicted octanol–water partition coefficient (Wildman–Crippen LogP) is 6.26. The Morgan fingerprint density at radius 1 is 0.973 bits per heavy atom. The minimum atomic E-state index is -0.831. The molecular formula is C31H28N4OS. The van der Waals surface area contributed by atoms with Crippen LogP contribution in [0.25, 0.3) is 22.2 Å². The molecule has 2 aromatic heterocycles. The summed E-state index contributed by atoms with van der Waals surface area (Å²) in [7, 11) is 0. The third-order valence-corrected chi connectivity index (χ3v) is 8.42. The Kier molecular flexibility index (Phi) is 6.05. The standard InChI is InChI=1S/C31H28N4OS/c1-21-13-14-27-28(18-21)35(30(34-27)37-20-22-8-6-16-33-19-22)17-7-15-31(29(32)36)25-11-4-2-9-23(25)24-10-3-5-12-26(24)31/h2-6,8-14,16,18-19H,7,15,17,20H2,1H3,(H2,32,36). The molecule has 2 N–H and O–H groups in total. The van der Waals surface area contributed by atoms with Crippen LogP contribution in [0.15, 0.2) is 96.4 Å². The molecule has 0 fully saturated rings. The second-order valence-corrected chi connectivity index (χ2v) is 10.6. The fourth-order valence-electron chi connectivity index (χ4n) is 5.65. The average molecular weight is 505 g/mol. The molecule has 3 aromatic carbocycles. The quantitative estimate of drug-likeness (QED) is 0.253. The lowest BCUT2D eigenvalue weighted by Crippen LogP contribution is -2.41. The molecule has 0 radical (unpaired) electrons. The van der Waals surface area contributed by atoms with Crippen molar-refractivity contribution in [3.05, 3.63) is 114 Å². The summed E-state index contributed by atoms with van der Waals surface area (Å²) in [5.74, 6) is 0.504. The smallest absolute Gasteiger partial charge is 0.232 e. The molecular weight excluding hydrogens is 476 g/mol. The first kappa shape index (κ1) is 23.5. The SMILES string of the molecule is Cc1ccc2nc(SCc3cccnc3)n(CCCC3(C(N)=O)c4ccccc4-c4ccccc43)c2c1. The number of primary amides is 1. The maximum atomic E-state index is 13.2. The average Bonchev–Trinajstić information content (AvgIpc) is 3.41. The van der Waals surface area contributed by atoms with Crippen molar-refractivity contribution in [1.82, 2.24) is 14.5 Å². The van der Waals surface area contributed by atoms with Crippen LogP contribution in [-0.4, -0.2) is 20.4 Å². The molecule has 6 rings (SSSR count). The van der Waals surface area contributed by atoms with Crippen LogP contribution in [0, 0.1) is 6.92 Å². The number of amides is 1. The number of hydrogen-bond donors (Lipinski definition) is 1. The first-order valence-corrected chi connectivity index (χ1v) is 13.5. The summed E-state index contributed by atoms with van der Waals surface area (Å²) < 4.78 is 2.30. The lowest BCUT2D eigenvalue weighted by atomic mass is 9.74. The Hall–Kier alpha value is -3.90. The number of fused-ring (bicyclic) bond motifs is 4. The maximum Gasteiger partial charge on any atom is 0.232 e. The predicted molar refractivity (Wildman–Crippen MR) is 149 cm³/mol. The minimum Gasteiger partial charge on any atom is -0.369 e. The van der Waals surface area contributed by atoms with Gasteiger partial charge in [-0.3, -0.25) is 9.78 Å². The maximum absolute atomic E-state index is 13.2. The van der Waals surface area contributed by atoms with E-state index in [1.807, 2.05) is 36.5 Å². The fraction of sp³-hybridized carbons (Fsp3) is 0.194. The molecule has 184 valence electrons. The third-order valence-electron chi connectivity index (χ3n) is 7.38. The zero-order chi connectivity index (χ0) is 25.4. The van der Waals surface area contributed by atoms with Crippen molar-refractivity contribution in [3.63, 3.8) is 0 Å². The number of benzene rings is 3. The van der Waals surface area contributed by atoms with E-state index in [2.05, 4.69) is 65.0 Å². The normalized spacial score (nSPS) is 13.4. The zero-order valence-corrected chi connectivity index (χ0v) is 21.5. The Bertz CT molecular complexity index is 1560. The van der Waals surface area contributed by atoms with E-state index < -0.39 is 5.41 Å². The van der Waals surface area contributed by atoms with Gasteiger partial charge in [-0.15, -0.1) is 0 Å². The molecule has 0 unspecified atom stereocenters. The molecule has 1 amide bonds. The first-order valence-electron chi connectivity index (χ1n) is 12.6. The van der Waals surface area contributed by atoms with Crippen molar-refractivity contribution in [2.75, 3.05) is 0 Å². The molecule has 5 nitrogen and oxygen atoms in total. The molecule has 0 saturated carbocycles. The van der Waals surface area contributed by atoms with E-state index in [1.165, 1.54) is 5.56 Å². The van der Waals surface area contributed by atoms with Gasteiger partial charge < -0.3 is 10.3 Å². The van der Waals surface area contributed by atoms with Crippen molar-refractivity contribution in [1.29, 1.82) is 0 Å². The van der Waals surface area contributed by atoms with Crippen molar-refractivity contribution in [3.8, 4) is 11.1 Å². The summed E-state index contributed by atoms with van der Waals surface area (Å²) in [5.41, 5.74) is 14.1. The molecule has 5 aromatic rings. The van der Waals surface area contributed by atoms with Gasteiger partial charge in [0.2, 0.25) is 5.91 Å². The number of aryl methyl sites for hydroxylation is 2. The molecule has 0 atom stereocenters. The van der Waals surface area contributed by atoms with Gasteiger partial charge in [0, 0.05) is 24.7 Å². The Labute approximate surface area is 220 Å². The van der Waals surface area contributed by atoms with E-state index in [-0.39, 0.29) is 5.91 Å². The van der Waals surface area contributed by atoms with Gasteiger partial charge in [0.05, 0.1) is 16.4 Å². The molecule has 6 heteroatoms. The van der Waals surface area contributed by atoms with Gasteiger partial charge in [0.15, 0.2) is 5.16 Å². The molecule has 2 heterocycles. The highest BCUT2D eigenvalue weighted by Gasteiger charge is 2.47. The van der Waals surface area contributed by atoms with Crippen molar-refractivity contribution in [2.45, 2.75) is 42.6 Å². The highest BCUT2D eigenvalue weighted by Crippen LogP contribution is 2.51. The molecule has 0 saturated heterocycles. The van der Waals surface area contributed by atoms with E-state index in [0.29, 0.717) is 6.42 Å². The number of pyridine rings is 1. The van der Waals surface area contributed by atoms with Gasteiger partial charge >= 0.3 is 0 Å². The number of thioether (sulfide) groups is 1. The summed E-state index contributed by atoms with van der Waals surface area (Å²) in [6.45, 7) is 2.85. The third kappa shape index (κ3) is 4.02. The topological polar surface area (TPSA) is 73.8 Å². The van der Waals surface area contributed by atoms with Gasteiger partial charge in [-0.05, 0) is 71.3 Å². The van der Waals surface area contributed by atoms with Crippen LogP contribution in [0.4, 0.5) is 0 Å². The van der Waals surface area contributed by atoms with Crippen molar-refractivity contribution in [2.24, 2.45) is 5.73 Å². The minimum absolute atomic E-state index is 0.289. The van der Waals surface area contributed by atoms with Gasteiger partial charge in [0.1, 0.15) is 0 Å². The number of carbonyl (C=O) groups is 1. The van der Waals surface area contributed by atoms with Crippen LogP contribution in [0.3, 0.4) is 0 Å². The molecule has 1 aliphatic carbocycles. The number of rotatable bonds is 8. The van der Waals surface area contributed by atoms with Crippen molar-refractivity contribution < 1.29 is 4.79 Å². The van der Waals surface area contributed by atoms with Crippen LogP contribution >= 0.6 is 11.8 Å². The number of nitrogens with two attached hydrogens (primary N) is 1. The second kappa shape index (κ2) is 9.52. The number of aromatic nitrogens is 3. The van der Waals surface area contributed by atoms with E-state index in [4.69, 9.17) is 10.7 Å². The summed E-state index contributed by atoms with van der Waals surface area (Å²) in [5, 5.41) is 0.977. The summed E-state index contributed by atoms with van der Waals surface area (Å²) in [4.78, 5) is 22.4. The Balaban J connectivity index is 1.33. The van der Waals surface area contributed by atoms with E-state index in [9.17, 15) is 4.79 Å². The van der Waals surface area contributed by atoms with Gasteiger partial charge in [-0.1, -0.05) is 72.4 Å². The highest BCUT2D eigenvalue weighted by atomic mass is 32.2. The highest BCUT2D eigenvalue weighted by molar-refractivity contribution is 7.98. The fourth-order valence-corrected chi connectivity index (χ4v) is 6.63. The molecule has 0 spiro atoms. The van der Waals surface area contributed by atoms with Crippen LogP contribution in [0.1, 0.15) is 35.1 Å². The zero-order valence-electron chi connectivity index (χ0n) is 20.7. The summed E-state index contributed by atoms with van der Waals surface area (Å²) in [6, 6.07) is 26.8. The molecule has 0 bridgehead atoms. The Morgan fingerprint density at radius 2 is 1.70 bits per heavy atom. The van der Waals surface area contributed by atoms with Crippen LogP contribution in [0.5, 0.6) is 0 Å². The number of hydrogen-bond acceptors (Lipinski definition) is 4. The summed E-state index contributed by atoms with van der Waals surface area (Å²) in [6.07, 6.45) is 5.11. The molecule has 0 aliphatic heterocycles. The van der Waals surface area contributed by atoms with Crippen LogP contribution < -0.4 is 5.73 Å². The van der Waals surface area contributed by atoms with Crippen LogP contribution in [-0.2, 0) is 22.5 Å². The lowest BCUT2D eigenvalue weighted by molar-refractivity contribution is -0.122.